The van der Waals surface area contributed by atoms with Crippen molar-refractivity contribution in [1.29, 1.82) is 0 Å². The smallest absolute Gasteiger partial charge is 0.227 e. The van der Waals surface area contributed by atoms with Gasteiger partial charge in [0.1, 0.15) is 17.6 Å². The standard InChI is InChI=1S/C22H26N4O2/c1-15(2)26-10-8-19(9-11-26)28-20-7-6-16-14-23-22(25-21(16)13-20)24-17-4-3-5-18(27)12-17/h3-7,12-15,19,27H,8-11H2,1-2H3,(H,23,24,25). The molecule has 2 heterocycles. The summed E-state index contributed by atoms with van der Waals surface area (Å²) in [5.41, 5.74) is 1.57. The van der Waals surface area contributed by atoms with E-state index in [2.05, 4.69) is 34.0 Å². The minimum absolute atomic E-state index is 0.199. The summed E-state index contributed by atoms with van der Waals surface area (Å²) in [6.07, 6.45) is 4.13. The average Bonchev–Trinajstić information content (AvgIpc) is 2.68. The third-order valence-electron chi connectivity index (χ3n) is 5.17. The van der Waals surface area contributed by atoms with Crippen LogP contribution in [-0.2, 0) is 0 Å². The molecule has 0 spiro atoms. The zero-order valence-electron chi connectivity index (χ0n) is 16.3. The number of fused-ring (bicyclic) bond motifs is 1. The largest absolute Gasteiger partial charge is 0.508 e. The summed E-state index contributed by atoms with van der Waals surface area (Å²) >= 11 is 0. The average molecular weight is 378 g/mol. The third kappa shape index (κ3) is 4.34. The highest BCUT2D eigenvalue weighted by Crippen LogP contribution is 2.25. The van der Waals surface area contributed by atoms with Gasteiger partial charge >= 0.3 is 0 Å². The molecular weight excluding hydrogens is 352 g/mol. The quantitative estimate of drug-likeness (QED) is 0.689. The molecule has 0 unspecified atom stereocenters. The van der Waals surface area contributed by atoms with Crippen LogP contribution in [0.15, 0.2) is 48.7 Å². The molecule has 28 heavy (non-hydrogen) atoms. The number of aromatic hydroxyl groups is 1. The molecular formula is C22H26N4O2. The van der Waals surface area contributed by atoms with Crippen LogP contribution in [-0.4, -0.2) is 45.2 Å². The number of benzene rings is 2. The highest BCUT2D eigenvalue weighted by atomic mass is 16.5. The summed E-state index contributed by atoms with van der Waals surface area (Å²) in [6.45, 7) is 6.64. The Morgan fingerprint density at radius 3 is 2.71 bits per heavy atom. The lowest BCUT2D eigenvalue weighted by Gasteiger charge is -2.34. The summed E-state index contributed by atoms with van der Waals surface area (Å²) < 4.78 is 6.22. The first-order chi connectivity index (χ1) is 13.6. The second-order valence-corrected chi connectivity index (χ2v) is 7.54. The van der Waals surface area contributed by atoms with E-state index in [-0.39, 0.29) is 11.9 Å². The monoisotopic (exact) mass is 378 g/mol. The van der Waals surface area contributed by atoms with Gasteiger partial charge in [-0.05, 0) is 51.0 Å². The van der Waals surface area contributed by atoms with Gasteiger partial charge < -0.3 is 20.1 Å². The number of hydrogen-bond donors (Lipinski definition) is 2. The van der Waals surface area contributed by atoms with Crippen LogP contribution in [0.5, 0.6) is 11.5 Å². The number of rotatable bonds is 5. The number of ether oxygens (including phenoxy) is 1. The number of nitrogens with zero attached hydrogens (tertiary/aromatic N) is 3. The Kier molecular flexibility index (Phi) is 5.30. The lowest BCUT2D eigenvalue weighted by atomic mass is 10.1. The normalized spacial score (nSPS) is 15.8. The van der Waals surface area contributed by atoms with Gasteiger partial charge in [0.05, 0.1) is 5.52 Å². The van der Waals surface area contributed by atoms with Crippen molar-refractivity contribution >= 4 is 22.5 Å². The number of anilines is 2. The Hall–Kier alpha value is -2.86. The maximum absolute atomic E-state index is 9.60. The van der Waals surface area contributed by atoms with Gasteiger partial charge in [-0.25, -0.2) is 9.97 Å². The van der Waals surface area contributed by atoms with Gasteiger partial charge in [0.2, 0.25) is 5.95 Å². The molecule has 0 amide bonds. The van der Waals surface area contributed by atoms with Crippen LogP contribution in [0.1, 0.15) is 26.7 Å². The maximum atomic E-state index is 9.60. The maximum Gasteiger partial charge on any atom is 0.227 e. The van der Waals surface area contributed by atoms with E-state index < -0.39 is 0 Å². The van der Waals surface area contributed by atoms with Crippen LogP contribution < -0.4 is 10.1 Å². The lowest BCUT2D eigenvalue weighted by Crippen LogP contribution is -2.41. The van der Waals surface area contributed by atoms with Gasteiger partial charge in [-0.1, -0.05) is 6.07 Å². The third-order valence-corrected chi connectivity index (χ3v) is 5.17. The minimum Gasteiger partial charge on any atom is -0.508 e. The number of hydrogen-bond acceptors (Lipinski definition) is 6. The molecule has 4 rings (SSSR count). The van der Waals surface area contributed by atoms with Gasteiger partial charge in [-0.3, -0.25) is 0 Å². The SMILES string of the molecule is CC(C)N1CCC(Oc2ccc3cnc(Nc4cccc(O)c4)nc3c2)CC1. The Morgan fingerprint density at radius 2 is 1.96 bits per heavy atom. The topological polar surface area (TPSA) is 70.5 Å². The number of phenols is 1. The summed E-state index contributed by atoms with van der Waals surface area (Å²) in [5, 5.41) is 13.7. The van der Waals surface area contributed by atoms with Gasteiger partial charge in [0, 0.05) is 48.5 Å². The molecule has 1 aliphatic heterocycles. The van der Waals surface area contributed by atoms with E-state index in [1.165, 1.54) is 0 Å². The van der Waals surface area contributed by atoms with E-state index in [0.717, 1.165) is 48.3 Å². The van der Waals surface area contributed by atoms with E-state index in [0.29, 0.717) is 12.0 Å². The van der Waals surface area contributed by atoms with Crippen molar-refractivity contribution in [3.63, 3.8) is 0 Å². The molecule has 1 saturated heterocycles. The van der Waals surface area contributed by atoms with Crippen molar-refractivity contribution in [1.82, 2.24) is 14.9 Å². The second kappa shape index (κ2) is 8.02. The molecule has 1 aromatic heterocycles. The van der Waals surface area contributed by atoms with Crippen LogP contribution in [0.25, 0.3) is 10.9 Å². The molecule has 2 N–H and O–H groups in total. The van der Waals surface area contributed by atoms with E-state index in [1.54, 1.807) is 24.4 Å². The number of piperidine rings is 1. The zero-order valence-corrected chi connectivity index (χ0v) is 16.3. The van der Waals surface area contributed by atoms with E-state index >= 15 is 0 Å². The molecule has 1 fully saturated rings. The van der Waals surface area contributed by atoms with Crippen LogP contribution >= 0.6 is 0 Å². The first kappa shape index (κ1) is 18.5. The predicted octanol–water partition coefficient (Wildman–Crippen LogP) is 4.33. The number of likely N-dealkylation sites (tertiary alicyclic amines) is 1. The van der Waals surface area contributed by atoms with Crippen molar-refractivity contribution in [2.24, 2.45) is 0 Å². The lowest BCUT2D eigenvalue weighted by molar-refractivity contribution is 0.0844. The molecule has 0 bridgehead atoms. The van der Waals surface area contributed by atoms with Crippen LogP contribution in [0.2, 0.25) is 0 Å². The molecule has 146 valence electrons. The van der Waals surface area contributed by atoms with Crippen molar-refractivity contribution in [2.45, 2.75) is 38.8 Å². The number of nitrogens with one attached hydrogen (secondary N) is 1. The van der Waals surface area contributed by atoms with Crippen LogP contribution in [0.4, 0.5) is 11.6 Å². The highest BCUT2D eigenvalue weighted by Gasteiger charge is 2.22. The Bertz CT molecular complexity index is 952. The predicted molar refractivity (Wildman–Crippen MR) is 111 cm³/mol. The number of phenolic OH excluding ortho intramolecular Hbond substituents is 1. The second-order valence-electron chi connectivity index (χ2n) is 7.54. The summed E-state index contributed by atoms with van der Waals surface area (Å²) in [7, 11) is 0. The van der Waals surface area contributed by atoms with Gasteiger partial charge in [-0.15, -0.1) is 0 Å². The highest BCUT2D eigenvalue weighted by molar-refractivity contribution is 5.80. The van der Waals surface area contributed by atoms with Crippen molar-refractivity contribution in [2.75, 3.05) is 18.4 Å². The van der Waals surface area contributed by atoms with Crippen LogP contribution in [0, 0.1) is 0 Å². The minimum atomic E-state index is 0.199. The van der Waals surface area contributed by atoms with Gasteiger partial charge in [0.25, 0.3) is 0 Å². The van der Waals surface area contributed by atoms with Crippen molar-refractivity contribution in [3.05, 3.63) is 48.7 Å². The van der Waals surface area contributed by atoms with Crippen molar-refractivity contribution in [3.8, 4) is 11.5 Å². The Labute approximate surface area is 165 Å². The Morgan fingerprint density at radius 1 is 1.14 bits per heavy atom. The molecule has 0 saturated carbocycles. The molecule has 3 aromatic rings. The van der Waals surface area contributed by atoms with E-state index in [1.807, 2.05) is 24.3 Å². The zero-order chi connectivity index (χ0) is 19.5. The molecule has 1 aliphatic rings. The molecule has 6 heteroatoms. The van der Waals surface area contributed by atoms with E-state index in [9.17, 15) is 5.11 Å². The molecule has 0 radical (unpaired) electrons. The van der Waals surface area contributed by atoms with Crippen LogP contribution in [0.3, 0.4) is 0 Å². The summed E-state index contributed by atoms with van der Waals surface area (Å²) in [6, 6.07) is 13.4. The van der Waals surface area contributed by atoms with E-state index in [4.69, 9.17) is 4.74 Å². The first-order valence-corrected chi connectivity index (χ1v) is 9.80. The fraction of sp³-hybridized carbons (Fsp3) is 0.364. The first-order valence-electron chi connectivity index (χ1n) is 9.80. The fourth-order valence-corrected chi connectivity index (χ4v) is 3.55. The molecule has 6 nitrogen and oxygen atoms in total. The molecule has 2 aromatic carbocycles. The van der Waals surface area contributed by atoms with Gasteiger partial charge in [0.15, 0.2) is 0 Å². The summed E-state index contributed by atoms with van der Waals surface area (Å²) in [4.78, 5) is 11.4. The van der Waals surface area contributed by atoms with Crippen molar-refractivity contribution < 1.29 is 9.84 Å². The number of aromatic nitrogens is 2. The Balaban J connectivity index is 1.47. The fourth-order valence-electron chi connectivity index (χ4n) is 3.55. The molecule has 0 aliphatic carbocycles. The summed E-state index contributed by atoms with van der Waals surface area (Å²) in [5.74, 6) is 1.53. The molecule has 0 atom stereocenters. The van der Waals surface area contributed by atoms with Gasteiger partial charge in [-0.2, -0.15) is 0 Å².